The van der Waals surface area contributed by atoms with Gasteiger partial charge in [-0.1, -0.05) is 51.1 Å². The van der Waals surface area contributed by atoms with Crippen LogP contribution in [0, 0.1) is 0 Å². The number of anilines is 1. The van der Waals surface area contributed by atoms with Crippen LogP contribution in [0.15, 0.2) is 42.5 Å². The predicted molar refractivity (Wildman–Crippen MR) is 87.4 cm³/mol. The molecule has 1 heterocycles. The molecule has 2 aromatic rings. The van der Waals surface area contributed by atoms with E-state index in [0.717, 1.165) is 6.54 Å². The summed E-state index contributed by atoms with van der Waals surface area (Å²) in [5.41, 5.74) is 7.01. The molecule has 1 nitrogen and oxygen atoms in total. The minimum absolute atomic E-state index is 0.221. The standard InChI is InChI=1S/C19H23N/c1-19(2,3)17-9-6-14(7-10-17)15-8-11-18-16(13-15)5-4-12-20-18/h6-11,13,20H,4-5,12H2,1-3H3. The van der Waals surface area contributed by atoms with E-state index < -0.39 is 0 Å². The zero-order valence-corrected chi connectivity index (χ0v) is 12.7. The van der Waals surface area contributed by atoms with Crippen molar-refractivity contribution in [2.24, 2.45) is 0 Å². The Labute approximate surface area is 122 Å². The molecule has 0 bridgehead atoms. The third-order valence-electron chi connectivity index (χ3n) is 4.13. The third kappa shape index (κ3) is 2.58. The molecule has 0 saturated carbocycles. The Hall–Kier alpha value is -1.76. The number of benzene rings is 2. The van der Waals surface area contributed by atoms with Crippen molar-refractivity contribution in [3.05, 3.63) is 53.6 Å². The van der Waals surface area contributed by atoms with Crippen LogP contribution in [-0.2, 0) is 11.8 Å². The Morgan fingerprint density at radius 1 is 0.900 bits per heavy atom. The van der Waals surface area contributed by atoms with E-state index in [1.54, 1.807) is 0 Å². The zero-order chi connectivity index (χ0) is 14.2. The molecule has 1 aliphatic heterocycles. The van der Waals surface area contributed by atoms with Gasteiger partial charge in [0.1, 0.15) is 0 Å². The maximum absolute atomic E-state index is 3.47. The van der Waals surface area contributed by atoms with Gasteiger partial charge >= 0.3 is 0 Å². The Balaban J connectivity index is 1.93. The van der Waals surface area contributed by atoms with Gasteiger partial charge in [-0.05, 0) is 52.6 Å². The molecule has 0 spiro atoms. The van der Waals surface area contributed by atoms with Crippen LogP contribution < -0.4 is 5.32 Å². The monoisotopic (exact) mass is 265 g/mol. The lowest BCUT2D eigenvalue weighted by Crippen LogP contribution is -2.11. The Morgan fingerprint density at radius 2 is 1.60 bits per heavy atom. The molecule has 104 valence electrons. The van der Waals surface area contributed by atoms with Gasteiger partial charge in [0.25, 0.3) is 0 Å². The van der Waals surface area contributed by atoms with Crippen LogP contribution in [0.5, 0.6) is 0 Å². The van der Waals surface area contributed by atoms with E-state index in [1.165, 1.54) is 40.8 Å². The second-order valence-corrected chi connectivity index (χ2v) is 6.73. The van der Waals surface area contributed by atoms with E-state index in [1.807, 2.05) is 0 Å². The highest BCUT2D eigenvalue weighted by Crippen LogP contribution is 2.30. The number of hydrogen-bond acceptors (Lipinski definition) is 1. The summed E-state index contributed by atoms with van der Waals surface area (Å²) in [6.07, 6.45) is 2.43. The minimum atomic E-state index is 0.221. The highest BCUT2D eigenvalue weighted by molar-refractivity contribution is 5.69. The zero-order valence-electron chi connectivity index (χ0n) is 12.7. The third-order valence-corrected chi connectivity index (χ3v) is 4.13. The SMILES string of the molecule is CC(C)(C)c1ccc(-c2ccc3c(c2)CCCN3)cc1. The van der Waals surface area contributed by atoms with E-state index in [-0.39, 0.29) is 5.41 Å². The Morgan fingerprint density at radius 3 is 2.30 bits per heavy atom. The molecule has 0 amide bonds. The fraction of sp³-hybridized carbons (Fsp3) is 0.368. The van der Waals surface area contributed by atoms with Gasteiger partial charge in [0.2, 0.25) is 0 Å². The molecule has 0 atom stereocenters. The van der Waals surface area contributed by atoms with Crippen molar-refractivity contribution in [2.45, 2.75) is 39.0 Å². The summed E-state index contributed by atoms with van der Waals surface area (Å²) in [6.45, 7) is 7.87. The molecule has 0 aliphatic carbocycles. The van der Waals surface area contributed by atoms with E-state index in [2.05, 4.69) is 68.6 Å². The Kier molecular flexibility index (Phi) is 3.29. The van der Waals surface area contributed by atoms with Crippen molar-refractivity contribution in [1.82, 2.24) is 0 Å². The molecule has 3 rings (SSSR count). The van der Waals surface area contributed by atoms with Crippen LogP contribution in [-0.4, -0.2) is 6.54 Å². The topological polar surface area (TPSA) is 12.0 Å². The fourth-order valence-corrected chi connectivity index (χ4v) is 2.82. The first-order valence-corrected chi connectivity index (χ1v) is 7.52. The maximum atomic E-state index is 3.47. The van der Waals surface area contributed by atoms with Gasteiger partial charge in [-0.25, -0.2) is 0 Å². The molecular formula is C19H23N. The summed E-state index contributed by atoms with van der Waals surface area (Å²) >= 11 is 0. The molecule has 0 radical (unpaired) electrons. The summed E-state index contributed by atoms with van der Waals surface area (Å²) in [4.78, 5) is 0. The minimum Gasteiger partial charge on any atom is -0.385 e. The number of nitrogens with one attached hydrogen (secondary N) is 1. The molecular weight excluding hydrogens is 242 g/mol. The molecule has 1 aliphatic rings. The van der Waals surface area contributed by atoms with Crippen LogP contribution in [0.25, 0.3) is 11.1 Å². The van der Waals surface area contributed by atoms with Gasteiger partial charge in [-0.15, -0.1) is 0 Å². The second kappa shape index (κ2) is 4.97. The van der Waals surface area contributed by atoms with Gasteiger partial charge in [0, 0.05) is 12.2 Å². The Bertz CT molecular complexity index is 603. The molecule has 0 saturated heterocycles. The van der Waals surface area contributed by atoms with Gasteiger partial charge < -0.3 is 5.32 Å². The summed E-state index contributed by atoms with van der Waals surface area (Å²) in [7, 11) is 0. The number of rotatable bonds is 1. The second-order valence-electron chi connectivity index (χ2n) is 6.73. The first kappa shape index (κ1) is 13.2. The lowest BCUT2D eigenvalue weighted by molar-refractivity contribution is 0.590. The van der Waals surface area contributed by atoms with Crippen molar-refractivity contribution in [1.29, 1.82) is 0 Å². The lowest BCUT2D eigenvalue weighted by atomic mass is 9.86. The van der Waals surface area contributed by atoms with E-state index in [4.69, 9.17) is 0 Å². The van der Waals surface area contributed by atoms with Gasteiger partial charge in [-0.3, -0.25) is 0 Å². The van der Waals surface area contributed by atoms with Gasteiger partial charge in [0.15, 0.2) is 0 Å². The largest absolute Gasteiger partial charge is 0.385 e. The van der Waals surface area contributed by atoms with Crippen LogP contribution in [0.1, 0.15) is 38.3 Å². The van der Waals surface area contributed by atoms with Crippen molar-refractivity contribution in [2.75, 3.05) is 11.9 Å². The summed E-state index contributed by atoms with van der Waals surface area (Å²) in [6, 6.07) is 15.8. The van der Waals surface area contributed by atoms with Crippen molar-refractivity contribution in [3.63, 3.8) is 0 Å². The molecule has 1 heteroatoms. The molecule has 0 unspecified atom stereocenters. The van der Waals surface area contributed by atoms with Crippen LogP contribution in [0.2, 0.25) is 0 Å². The van der Waals surface area contributed by atoms with Crippen molar-refractivity contribution >= 4 is 5.69 Å². The predicted octanol–water partition coefficient (Wildman–Crippen LogP) is 5.01. The van der Waals surface area contributed by atoms with E-state index >= 15 is 0 Å². The van der Waals surface area contributed by atoms with Crippen LogP contribution >= 0.6 is 0 Å². The summed E-state index contributed by atoms with van der Waals surface area (Å²) in [5.74, 6) is 0. The van der Waals surface area contributed by atoms with E-state index in [0.29, 0.717) is 0 Å². The van der Waals surface area contributed by atoms with Crippen LogP contribution in [0.3, 0.4) is 0 Å². The highest BCUT2D eigenvalue weighted by atomic mass is 14.9. The molecule has 0 fully saturated rings. The molecule has 0 aromatic heterocycles. The van der Waals surface area contributed by atoms with Gasteiger partial charge in [0.05, 0.1) is 0 Å². The average molecular weight is 265 g/mol. The normalized spacial score (nSPS) is 14.6. The van der Waals surface area contributed by atoms with Crippen molar-refractivity contribution < 1.29 is 0 Å². The van der Waals surface area contributed by atoms with Crippen LogP contribution in [0.4, 0.5) is 5.69 Å². The van der Waals surface area contributed by atoms with E-state index in [9.17, 15) is 0 Å². The fourth-order valence-electron chi connectivity index (χ4n) is 2.82. The number of fused-ring (bicyclic) bond motifs is 1. The smallest absolute Gasteiger partial charge is 0.0373 e. The average Bonchev–Trinajstić information content (AvgIpc) is 2.46. The summed E-state index contributed by atoms with van der Waals surface area (Å²) in [5, 5.41) is 3.47. The maximum Gasteiger partial charge on any atom is 0.0373 e. The first-order valence-electron chi connectivity index (χ1n) is 7.52. The molecule has 2 aromatic carbocycles. The lowest BCUT2D eigenvalue weighted by Gasteiger charge is -2.20. The summed E-state index contributed by atoms with van der Waals surface area (Å²) < 4.78 is 0. The first-order chi connectivity index (χ1) is 9.54. The highest BCUT2D eigenvalue weighted by Gasteiger charge is 2.14. The number of hydrogen-bond donors (Lipinski definition) is 1. The van der Waals surface area contributed by atoms with Crippen molar-refractivity contribution in [3.8, 4) is 11.1 Å². The number of aryl methyl sites for hydroxylation is 1. The molecule has 20 heavy (non-hydrogen) atoms. The molecule has 1 N–H and O–H groups in total. The quantitative estimate of drug-likeness (QED) is 0.764. The van der Waals surface area contributed by atoms with Gasteiger partial charge in [-0.2, -0.15) is 0 Å².